The lowest BCUT2D eigenvalue weighted by Gasteiger charge is -2.34. The Kier molecular flexibility index (Phi) is 5.71. The van der Waals surface area contributed by atoms with Gasteiger partial charge in [-0.3, -0.25) is 4.79 Å². The van der Waals surface area contributed by atoms with Crippen LogP contribution in [0.25, 0.3) is 11.0 Å². The molecule has 184 valence electrons. The molecule has 0 saturated carbocycles. The number of amides is 1. The van der Waals surface area contributed by atoms with Crippen LogP contribution in [-0.2, 0) is 6.42 Å². The largest absolute Gasteiger partial charge is 0.496 e. The fraction of sp³-hybridized carbons (Fsp3) is 0.286. The van der Waals surface area contributed by atoms with E-state index in [1.807, 2.05) is 29.2 Å². The smallest absolute Gasteiger partial charge is 0.253 e. The second kappa shape index (κ2) is 9.18. The third kappa shape index (κ3) is 4.02. The zero-order chi connectivity index (χ0) is 24.6. The minimum Gasteiger partial charge on any atom is -0.496 e. The van der Waals surface area contributed by atoms with Crippen LogP contribution in [0.1, 0.15) is 40.6 Å². The van der Waals surface area contributed by atoms with Crippen LogP contribution in [0.4, 0.5) is 4.39 Å². The van der Waals surface area contributed by atoms with Crippen molar-refractivity contribution in [3.63, 3.8) is 0 Å². The van der Waals surface area contributed by atoms with Crippen LogP contribution in [0, 0.1) is 5.82 Å². The first kappa shape index (κ1) is 22.4. The maximum Gasteiger partial charge on any atom is 0.253 e. The first-order valence-corrected chi connectivity index (χ1v) is 12.1. The standard InChI is InChI=1S/C28H26FN3O4/c1-34-24-5-3-2-4-18(24)15-27-30-22-16-20(29)7-8-23(22)32(27)21-10-12-31(13-11-21)28(33)19-6-9-25-26(14-19)36-17-35-25/h2-9,14,16,21H,10-13,15,17H2,1H3. The van der Waals surface area contributed by atoms with E-state index in [0.717, 1.165) is 35.5 Å². The summed E-state index contributed by atoms with van der Waals surface area (Å²) in [5.74, 6) is 2.61. The topological polar surface area (TPSA) is 65.8 Å². The number of rotatable bonds is 5. The molecule has 36 heavy (non-hydrogen) atoms. The van der Waals surface area contributed by atoms with Crippen LogP contribution in [0.2, 0.25) is 0 Å². The zero-order valence-electron chi connectivity index (χ0n) is 19.9. The molecule has 0 atom stereocenters. The van der Waals surface area contributed by atoms with Crippen LogP contribution in [-0.4, -0.2) is 47.4 Å². The van der Waals surface area contributed by atoms with Gasteiger partial charge in [-0.05, 0) is 49.2 Å². The lowest BCUT2D eigenvalue weighted by molar-refractivity contribution is 0.0695. The maximum absolute atomic E-state index is 14.0. The van der Waals surface area contributed by atoms with Gasteiger partial charge < -0.3 is 23.7 Å². The molecule has 0 unspecified atom stereocenters. The number of para-hydroxylation sites is 1. The first-order valence-electron chi connectivity index (χ1n) is 12.1. The summed E-state index contributed by atoms with van der Waals surface area (Å²) in [5.41, 5.74) is 3.16. The number of fused-ring (bicyclic) bond motifs is 2. The number of methoxy groups -OCH3 is 1. The molecule has 1 fully saturated rings. The van der Waals surface area contributed by atoms with E-state index in [1.165, 1.54) is 12.1 Å². The van der Waals surface area contributed by atoms with E-state index in [0.29, 0.717) is 42.1 Å². The molecular weight excluding hydrogens is 461 g/mol. The summed E-state index contributed by atoms with van der Waals surface area (Å²) in [7, 11) is 1.66. The Bertz CT molecular complexity index is 1440. The number of carbonyl (C=O) groups is 1. The second-order valence-electron chi connectivity index (χ2n) is 9.11. The highest BCUT2D eigenvalue weighted by Crippen LogP contribution is 2.35. The average Bonchev–Trinajstić information content (AvgIpc) is 3.52. The number of aromatic nitrogens is 2. The van der Waals surface area contributed by atoms with Gasteiger partial charge in [-0.2, -0.15) is 0 Å². The van der Waals surface area contributed by atoms with E-state index in [4.69, 9.17) is 19.2 Å². The van der Waals surface area contributed by atoms with Gasteiger partial charge in [-0.25, -0.2) is 9.37 Å². The molecule has 3 aromatic carbocycles. The Morgan fingerprint density at radius 1 is 1.06 bits per heavy atom. The number of hydrogen-bond donors (Lipinski definition) is 0. The van der Waals surface area contributed by atoms with Gasteiger partial charge in [0.1, 0.15) is 17.4 Å². The van der Waals surface area contributed by atoms with E-state index in [9.17, 15) is 9.18 Å². The number of nitrogens with zero attached hydrogens (tertiary/aromatic N) is 3. The number of hydrogen-bond acceptors (Lipinski definition) is 5. The molecule has 0 spiro atoms. The Morgan fingerprint density at radius 3 is 2.69 bits per heavy atom. The van der Waals surface area contributed by atoms with Crippen LogP contribution in [0.5, 0.6) is 17.2 Å². The lowest BCUT2D eigenvalue weighted by atomic mass is 10.0. The van der Waals surface area contributed by atoms with Gasteiger partial charge in [0.15, 0.2) is 11.5 Å². The highest BCUT2D eigenvalue weighted by molar-refractivity contribution is 5.95. The summed E-state index contributed by atoms with van der Waals surface area (Å²) in [6.45, 7) is 1.41. The predicted molar refractivity (Wildman–Crippen MR) is 132 cm³/mol. The van der Waals surface area contributed by atoms with Crippen molar-refractivity contribution in [2.75, 3.05) is 27.0 Å². The monoisotopic (exact) mass is 487 g/mol. The lowest BCUT2D eigenvalue weighted by Crippen LogP contribution is -2.39. The van der Waals surface area contributed by atoms with Crippen molar-refractivity contribution in [1.29, 1.82) is 0 Å². The van der Waals surface area contributed by atoms with Crippen molar-refractivity contribution < 1.29 is 23.4 Å². The van der Waals surface area contributed by atoms with Crippen LogP contribution in [0.3, 0.4) is 0 Å². The Morgan fingerprint density at radius 2 is 1.86 bits per heavy atom. The van der Waals surface area contributed by atoms with E-state index in [-0.39, 0.29) is 24.6 Å². The van der Waals surface area contributed by atoms with Gasteiger partial charge in [-0.15, -0.1) is 0 Å². The van der Waals surface area contributed by atoms with E-state index >= 15 is 0 Å². The Balaban J connectivity index is 1.26. The molecule has 4 aromatic rings. The molecule has 3 heterocycles. The number of carbonyl (C=O) groups excluding carboxylic acids is 1. The normalized spacial score (nSPS) is 15.4. The number of likely N-dealkylation sites (tertiary alicyclic amines) is 1. The maximum atomic E-state index is 14.0. The van der Waals surface area contributed by atoms with Crippen molar-refractivity contribution in [1.82, 2.24) is 14.5 Å². The average molecular weight is 488 g/mol. The number of halogens is 1. The molecule has 7 nitrogen and oxygen atoms in total. The zero-order valence-corrected chi connectivity index (χ0v) is 19.9. The van der Waals surface area contributed by atoms with Crippen molar-refractivity contribution in [3.05, 3.63) is 83.4 Å². The highest BCUT2D eigenvalue weighted by Gasteiger charge is 2.28. The van der Waals surface area contributed by atoms with Crippen molar-refractivity contribution in [2.24, 2.45) is 0 Å². The van der Waals surface area contributed by atoms with E-state index in [1.54, 1.807) is 31.4 Å². The molecule has 0 radical (unpaired) electrons. The first-order chi connectivity index (χ1) is 17.6. The fourth-order valence-corrected chi connectivity index (χ4v) is 5.21. The van der Waals surface area contributed by atoms with Crippen LogP contribution >= 0.6 is 0 Å². The quantitative estimate of drug-likeness (QED) is 0.397. The SMILES string of the molecule is COc1ccccc1Cc1nc2cc(F)ccc2n1C1CCN(C(=O)c2ccc3c(c2)OCO3)CC1. The van der Waals surface area contributed by atoms with Crippen molar-refractivity contribution in [3.8, 4) is 17.2 Å². The Hall–Kier alpha value is -4.07. The number of benzene rings is 3. The summed E-state index contributed by atoms with van der Waals surface area (Å²) in [5, 5.41) is 0. The molecule has 2 aliphatic rings. The summed E-state index contributed by atoms with van der Waals surface area (Å²) in [4.78, 5) is 19.9. The van der Waals surface area contributed by atoms with Crippen LogP contribution < -0.4 is 14.2 Å². The summed E-state index contributed by atoms with van der Waals surface area (Å²) in [6, 6.07) is 18.1. The van der Waals surface area contributed by atoms with Crippen molar-refractivity contribution >= 4 is 16.9 Å². The van der Waals surface area contributed by atoms with E-state index < -0.39 is 0 Å². The van der Waals surface area contributed by atoms with Gasteiger partial charge in [-0.1, -0.05) is 18.2 Å². The Labute approximate surface area is 208 Å². The fourth-order valence-electron chi connectivity index (χ4n) is 5.21. The number of ether oxygens (including phenoxy) is 3. The summed E-state index contributed by atoms with van der Waals surface area (Å²) < 4.78 is 32.6. The molecule has 8 heteroatoms. The molecule has 2 aliphatic heterocycles. The van der Waals surface area contributed by atoms with Gasteiger partial charge in [0.2, 0.25) is 6.79 Å². The van der Waals surface area contributed by atoms with Crippen LogP contribution in [0.15, 0.2) is 60.7 Å². The third-order valence-electron chi connectivity index (χ3n) is 7.00. The van der Waals surface area contributed by atoms with Crippen molar-refractivity contribution in [2.45, 2.75) is 25.3 Å². The molecule has 1 amide bonds. The molecule has 0 aliphatic carbocycles. The van der Waals surface area contributed by atoms with Gasteiger partial charge in [0.25, 0.3) is 5.91 Å². The molecule has 1 aromatic heterocycles. The summed E-state index contributed by atoms with van der Waals surface area (Å²) in [6.07, 6.45) is 2.12. The highest BCUT2D eigenvalue weighted by atomic mass is 19.1. The minimum atomic E-state index is -0.305. The minimum absolute atomic E-state index is 0.0152. The van der Waals surface area contributed by atoms with E-state index in [2.05, 4.69) is 4.57 Å². The van der Waals surface area contributed by atoms with Gasteiger partial charge >= 0.3 is 0 Å². The number of piperidine rings is 1. The molecule has 0 N–H and O–H groups in total. The molecular formula is C28H26FN3O4. The summed E-state index contributed by atoms with van der Waals surface area (Å²) >= 11 is 0. The molecule has 1 saturated heterocycles. The third-order valence-corrected chi connectivity index (χ3v) is 7.00. The molecule has 0 bridgehead atoms. The number of imidazole rings is 1. The van der Waals surface area contributed by atoms with Gasteiger partial charge in [0, 0.05) is 42.7 Å². The second-order valence-corrected chi connectivity index (χ2v) is 9.11. The molecule has 6 rings (SSSR count). The van der Waals surface area contributed by atoms with Gasteiger partial charge in [0.05, 0.1) is 18.1 Å². The predicted octanol–water partition coefficient (Wildman–Crippen LogP) is 4.98.